The van der Waals surface area contributed by atoms with Gasteiger partial charge in [-0.1, -0.05) is 45.5 Å². The number of hydrogen-bond donors (Lipinski definition) is 0. The van der Waals surface area contributed by atoms with Gasteiger partial charge in [0.2, 0.25) is 0 Å². The van der Waals surface area contributed by atoms with Crippen LogP contribution in [0.25, 0.3) is 0 Å². The zero-order valence-corrected chi connectivity index (χ0v) is 20.0. The molecule has 162 valence electrons. The van der Waals surface area contributed by atoms with Crippen LogP contribution in [-0.2, 0) is 11.2 Å². The lowest BCUT2D eigenvalue weighted by Gasteiger charge is -2.71. The molecule has 1 heterocycles. The first-order valence-electron chi connectivity index (χ1n) is 11.3. The first-order chi connectivity index (χ1) is 14.1. The number of halogens is 1. The Kier molecular flexibility index (Phi) is 5.29. The SMILES string of the molecule is CCCC[C@H]1Cc2cc(OC)ccc2[C@@H](C23CC(F)(C2)C3)N1C(=O)C#C[Si](C)(C)C. The molecule has 2 atom stereocenters. The molecule has 4 aliphatic rings. The van der Waals surface area contributed by atoms with E-state index in [0.717, 1.165) is 31.4 Å². The number of hydrogen-bond acceptors (Lipinski definition) is 2. The minimum atomic E-state index is -1.66. The topological polar surface area (TPSA) is 29.5 Å². The Hall–Kier alpha value is -1.80. The summed E-state index contributed by atoms with van der Waals surface area (Å²) < 4.78 is 20.0. The van der Waals surface area contributed by atoms with Crippen LogP contribution in [0.2, 0.25) is 19.6 Å². The Bertz CT molecular complexity index is 890. The summed E-state index contributed by atoms with van der Waals surface area (Å²) in [6.07, 6.45) is 5.65. The summed E-state index contributed by atoms with van der Waals surface area (Å²) in [5, 5.41) is 0. The molecule has 0 N–H and O–H groups in total. The Labute approximate surface area is 181 Å². The summed E-state index contributed by atoms with van der Waals surface area (Å²) >= 11 is 0. The first-order valence-corrected chi connectivity index (χ1v) is 14.8. The van der Waals surface area contributed by atoms with Crippen LogP contribution in [0.1, 0.15) is 62.6 Å². The van der Waals surface area contributed by atoms with Gasteiger partial charge < -0.3 is 9.64 Å². The predicted octanol–water partition coefficient (Wildman–Crippen LogP) is 5.45. The van der Waals surface area contributed by atoms with Crippen molar-refractivity contribution in [3.8, 4) is 17.2 Å². The number of methoxy groups -OCH3 is 1. The molecule has 1 aliphatic heterocycles. The molecule has 1 aromatic carbocycles. The number of unbranched alkanes of at least 4 members (excludes halogenated alkanes) is 1. The molecule has 5 rings (SSSR count). The van der Waals surface area contributed by atoms with Gasteiger partial charge >= 0.3 is 0 Å². The van der Waals surface area contributed by atoms with Gasteiger partial charge in [-0.15, -0.1) is 5.54 Å². The number of fused-ring (bicyclic) bond motifs is 1. The predicted molar refractivity (Wildman–Crippen MR) is 121 cm³/mol. The number of carbonyl (C=O) groups excluding carboxylic acids is 1. The molecular formula is C25H34FNO2Si. The number of ether oxygens (including phenoxy) is 1. The van der Waals surface area contributed by atoms with Crippen LogP contribution in [0.15, 0.2) is 18.2 Å². The number of rotatable bonds is 5. The highest BCUT2D eigenvalue weighted by Gasteiger charge is 2.73. The van der Waals surface area contributed by atoms with Gasteiger partial charge in [0.25, 0.3) is 5.91 Å². The van der Waals surface area contributed by atoms with Crippen molar-refractivity contribution in [3.63, 3.8) is 0 Å². The molecule has 1 amide bonds. The second-order valence-corrected chi connectivity index (χ2v) is 15.5. The molecule has 5 heteroatoms. The number of alkyl halides is 1. The maximum Gasteiger partial charge on any atom is 0.298 e. The van der Waals surface area contributed by atoms with E-state index in [1.807, 2.05) is 6.07 Å². The van der Waals surface area contributed by atoms with E-state index in [4.69, 9.17) is 4.74 Å². The van der Waals surface area contributed by atoms with Gasteiger partial charge in [-0.2, -0.15) is 0 Å². The number of carbonyl (C=O) groups is 1. The van der Waals surface area contributed by atoms with Gasteiger partial charge in [0.15, 0.2) is 0 Å². The van der Waals surface area contributed by atoms with Crippen molar-refractivity contribution in [1.29, 1.82) is 0 Å². The van der Waals surface area contributed by atoms with Crippen LogP contribution < -0.4 is 4.74 Å². The Morgan fingerprint density at radius 2 is 2.00 bits per heavy atom. The van der Waals surface area contributed by atoms with Crippen LogP contribution in [0.5, 0.6) is 5.75 Å². The van der Waals surface area contributed by atoms with Crippen molar-refractivity contribution in [2.75, 3.05) is 7.11 Å². The van der Waals surface area contributed by atoms with E-state index in [1.54, 1.807) is 7.11 Å². The normalized spacial score (nSPS) is 31.6. The second kappa shape index (κ2) is 7.41. The first kappa shape index (κ1) is 21.4. The van der Waals surface area contributed by atoms with Gasteiger partial charge in [-0.05, 0) is 61.3 Å². The Morgan fingerprint density at radius 1 is 1.30 bits per heavy atom. The molecule has 1 aromatic rings. The minimum Gasteiger partial charge on any atom is -0.497 e. The summed E-state index contributed by atoms with van der Waals surface area (Å²) in [6.45, 7) is 8.66. The zero-order chi connectivity index (χ0) is 21.7. The maximum atomic E-state index is 14.6. The quantitative estimate of drug-likeness (QED) is 0.462. The van der Waals surface area contributed by atoms with E-state index >= 15 is 0 Å². The van der Waals surface area contributed by atoms with E-state index < -0.39 is 13.7 Å². The van der Waals surface area contributed by atoms with Crippen molar-refractivity contribution in [1.82, 2.24) is 4.90 Å². The van der Waals surface area contributed by atoms with Crippen molar-refractivity contribution in [2.45, 2.75) is 89.3 Å². The van der Waals surface area contributed by atoms with Gasteiger partial charge in [-0.3, -0.25) is 4.79 Å². The van der Waals surface area contributed by atoms with Crippen LogP contribution in [0.4, 0.5) is 4.39 Å². The molecule has 0 saturated heterocycles. The molecule has 0 aromatic heterocycles. The van der Waals surface area contributed by atoms with Crippen LogP contribution in [0, 0.1) is 16.9 Å². The highest BCUT2D eigenvalue weighted by molar-refractivity contribution is 6.84. The number of nitrogens with zero attached hydrogens (tertiary/aromatic N) is 1. The van der Waals surface area contributed by atoms with Crippen molar-refractivity contribution < 1.29 is 13.9 Å². The molecule has 30 heavy (non-hydrogen) atoms. The van der Waals surface area contributed by atoms with Crippen molar-refractivity contribution in [3.05, 3.63) is 29.3 Å². The van der Waals surface area contributed by atoms with Crippen LogP contribution >= 0.6 is 0 Å². The Balaban J connectivity index is 1.77. The summed E-state index contributed by atoms with van der Waals surface area (Å²) in [6, 6.07) is 6.24. The van der Waals surface area contributed by atoms with Gasteiger partial charge in [0, 0.05) is 11.5 Å². The molecule has 0 radical (unpaired) electrons. The molecule has 3 aliphatic carbocycles. The summed E-state index contributed by atoms with van der Waals surface area (Å²) in [4.78, 5) is 15.6. The fourth-order valence-corrected chi connectivity index (χ4v) is 6.27. The molecule has 2 bridgehead atoms. The lowest BCUT2D eigenvalue weighted by atomic mass is 9.38. The lowest BCUT2D eigenvalue weighted by molar-refractivity contribution is -0.251. The minimum absolute atomic E-state index is 0.0670. The number of benzene rings is 1. The molecule has 0 unspecified atom stereocenters. The molecule has 0 spiro atoms. The van der Waals surface area contributed by atoms with E-state index in [-0.39, 0.29) is 23.4 Å². The highest BCUT2D eigenvalue weighted by atomic mass is 28.3. The number of amides is 1. The molecule has 3 nitrogen and oxygen atoms in total. The van der Waals surface area contributed by atoms with Gasteiger partial charge in [-0.25, -0.2) is 4.39 Å². The fourth-order valence-electron chi connectivity index (χ4n) is 5.79. The maximum absolute atomic E-state index is 14.6. The summed E-state index contributed by atoms with van der Waals surface area (Å²) in [5.74, 6) is 3.79. The highest BCUT2D eigenvalue weighted by Crippen LogP contribution is 2.75. The molecule has 3 fully saturated rings. The smallest absolute Gasteiger partial charge is 0.298 e. The van der Waals surface area contributed by atoms with Crippen molar-refractivity contribution in [2.24, 2.45) is 5.41 Å². The van der Waals surface area contributed by atoms with Crippen LogP contribution in [-0.4, -0.2) is 37.7 Å². The van der Waals surface area contributed by atoms with E-state index in [2.05, 4.69) is 55.1 Å². The van der Waals surface area contributed by atoms with Crippen molar-refractivity contribution >= 4 is 14.0 Å². The van der Waals surface area contributed by atoms with Gasteiger partial charge in [0.1, 0.15) is 19.5 Å². The fraction of sp³-hybridized carbons (Fsp3) is 0.640. The van der Waals surface area contributed by atoms with Gasteiger partial charge in [0.05, 0.1) is 13.2 Å². The monoisotopic (exact) mass is 427 g/mol. The summed E-state index contributed by atoms with van der Waals surface area (Å²) in [7, 11) is 0.0224. The third kappa shape index (κ3) is 3.68. The molecule has 3 saturated carbocycles. The second-order valence-electron chi connectivity index (χ2n) is 10.7. The standard InChI is InChI=1S/C25H34FNO2Si/c1-6-7-8-19-13-18-14-20(29-2)9-10-21(18)23(24-15-25(26,16-24)17-24)27(19)22(28)11-12-30(3,4)5/h9-10,14,19,23H,6-8,13,15-17H2,1-5H3/t19-,23-,24?,25?/m0/s1. The van der Waals surface area contributed by atoms with Crippen LogP contribution in [0.3, 0.4) is 0 Å². The third-order valence-electron chi connectivity index (χ3n) is 7.03. The largest absolute Gasteiger partial charge is 0.497 e. The summed E-state index contributed by atoms with van der Waals surface area (Å²) in [5.41, 5.74) is 4.57. The van der Waals surface area contributed by atoms with E-state index in [0.29, 0.717) is 19.3 Å². The van der Waals surface area contributed by atoms with E-state index in [9.17, 15) is 9.18 Å². The Morgan fingerprint density at radius 3 is 2.57 bits per heavy atom. The van der Waals surface area contributed by atoms with E-state index in [1.165, 1.54) is 11.1 Å². The average Bonchev–Trinajstić information content (AvgIpc) is 2.65. The third-order valence-corrected chi connectivity index (χ3v) is 7.90. The lowest BCUT2D eigenvalue weighted by Crippen LogP contribution is -2.70. The average molecular weight is 428 g/mol. The zero-order valence-electron chi connectivity index (χ0n) is 19.0. The molecular weight excluding hydrogens is 393 g/mol.